The highest BCUT2D eigenvalue weighted by molar-refractivity contribution is 5.85. The molecule has 0 radical (unpaired) electrons. The van der Waals surface area contributed by atoms with E-state index in [-0.39, 0.29) is 12.4 Å². The Morgan fingerprint density at radius 3 is 1.67 bits per heavy atom. The average Bonchev–Trinajstić information content (AvgIpc) is 1.96. The Balaban J connectivity index is 0.000000853. The van der Waals surface area contributed by atoms with Gasteiger partial charge < -0.3 is 5.32 Å². The molecule has 4 fully saturated rings. The van der Waals surface area contributed by atoms with Crippen LogP contribution in [-0.4, -0.2) is 11.6 Å². The topological polar surface area (TPSA) is 12.0 Å². The smallest absolute Gasteiger partial charge is 0.0191 e. The standard InChI is InChI=1S/C13H23N.ClH/c1-9(2)14-13-6-10-3-11(7-13)5-12(4-10)8-13;/h9-12,14H,3-8H2,1-2H3;1H. The molecule has 4 aliphatic rings. The maximum Gasteiger partial charge on any atom is 0.0191 e. The van der Waals surface area contributed by atoms with Gasteiger partial charge in [0.1, 0.15) is 0 Å². The molecule has 2 heteroatoms. The Morgan fingerprint density at radius 2 is 1.33 bits per heavy atom. The van der Waals surface area contributed by atoms with Crippen molar-refractivity contribution in [2.24, 2.45) is 17.8 Å². The van der Waals surface area contributed by atoms with E-state index >= 15 is 0 Å². The fourth-order valence-electron chi connectivity index (χ4n) is 4.90. The van der Waals surface area contributed by atoms with Crippen LogP contribution in [0.5, 0.6) is 0 Å². The summed E-state index contributed by atoms with van der Waals surface area (Å²) in [6, 6.07) is 0.672. The van der Waals surface area contributed by atoms with Crippen LogP contribution in [-0.2, 0) is 0 Å². The van der Waals surface area contributed by atoms with E-state index in [9.17, 15) is 0 Å². The quantitative estimate of drug-likeness (QED) is 0.766. The monoisotopic (exact) mass is 229 g/mol. The SMILES string of the molecule is CC(C)NC12CC3CC(CC(C3)C1)C2.Cl. The normalized spacial score (nSPS) is 47.0. The molecule has 0 aromatic carbocycles. The van der Waals surface area contributed by atoms with Gasteiger partial charge in [-0.2, -0.15) is 0 Å². The summed E-state index contributed by atoms with van der Waals surface area (Å²) in [5.41, 5.74) is 0.572. The first kappa shape index (κ1) is 11.7. The second-order valence-electron chi connectivity index (χ2n) is 6.50. The fourth-order valence-corrected chi connectivity index (χ4v) is 4.90. The van der Waals surface area contributed by atoms with Crippen LogP contribution >= 0.6 is 12.4 Å². The van der Waals surface area contributed by atoms with Crippen molar-refractivity contribution >= 4 is 12.4 Å². The molecule has 4 rings (SSSR count). The van der Waals surface area contributed by atoms with Gasteiger partial charge in [-0.3, -0.25) is 0 Å². The van der Waals surface area contributed by atoms with E-state index in [0.29, 0.717) is 11.6 Å². The number of halogens is 1. The molecule has 0 heterocycles. The molecule has 0 aromatic rings. The van der Waals surface area contributed by atoms with E-state index in [2.05, 4.69) is 19.2 Å². The maximum atomic E-state index is 3.89. The van der Waals surface area contributed by atoms with Crippen LogP contribution in [0.25, 0.3) is 0 Å². The largest absolute Gasteiger partial charge is 0.309 e. The van der Waals surface area contributed by atoms with Crippen LogP contribution in [0, 0.1) is 17.8 Å². The van der Waals surface area contributed by atoms with Gasteiger partial charge in [0.25, 0.3) is 0 Å². The van der Waals surface area contributed by atoms with Crippen molar-refractivity contribution in [2.45, 2.75) is 64.0 Å². The first-order valence-electron chi connectivity index (χ1n) is 6.43. The van der Waals surface area contributed by atoms with Crippen LogP contribution in [0.1, 0.15) is 52.4 Å². The summed E-state index contributed by atoms with van der Waals surface area (Å²) in [6.45, 7) is 4.61. The van der Waals surface area contributed by atoms with Gasteiger partial charge in [-0.1, -0.05) is 13.8 Å². The predicted molar refractivity (Wildman–Crippen MR) is 66.4 cm³/mol. The van der Waals surface area contributed by atoms with Crippen molar-refractivity contribution in [3.8, 4) is 0 Å². The molecular weight excluding hydrogens is 206 g/mol. The Bertz CT molecular complexity index is 195. The van der Waals surface area contributed by atoms with Crippen LogP contribution in [0.4, 0.5) is 0 Å². The molecule has 4 bridgehead atoms. The molecule has 1 nitrogen and oxygen atoms in total. The van der Waals surface area contributed by atoms with Gasteiger partial charge in [0.15, 0.2) is 0 Å². The third-order valence-corrected chi connectivity index (χ3v) is 4.63. The summed E-state index contributed by atoms with van der Waals surface area (Å²) in [5.74, 6) is 3.23. The Morgan fingerprint density at radius 1 is 0.933 bits per heavy atom. The Kier molecular flexibility index (Phi) is 3.07. The van der Waals surface area contributed by atoms with Crippen molar-refractivity contribution in [3.63, 3.8) is 0 Å². The summed E-state index contributed by atoms with van der Waals surface area (Å²) in [7, 11) is 0. The lowest BCUT2D eigenvalue weighted by atomic mass is 9.53. The molecular formula is C13H24ClN. The van der Waals surface area contributed by atoms with Crippen LogP contribution in [0.2, 0.25) is 0 Å². The van der Waals surface area contributed by atoms with Crippen LogP contribution in [0.15, 0.2) is 0 Å². The van der Waals surface area contributed by atoms with Crippen molar-refractivity contribution < 1.29 is 0 Å². The van der Waals surface area contributed by atoms with E-state index < -0.39 is 0 Å². The van der Waals surface area contributed by atoms with E-state index in [1.807, 2.05) is 0 Å². The molecule has 15 heavy (non-hydrogen) atoms. The minimum Gasteiger partial charge on any atom is -0.309 e. The molecule has 0 atom stereocenters. The van der Waals surface area contributed by atoms with E-state index in [1.165, 1.54) is 19.3 Å². The van der Waals surface area contributed by atoms with E-state index in [1.54, 1.807) is 19.3 Å². The molecule has 1 N–H and O–H groups in total. The van der Waals surface area contributed by atoms with Gasteiger partial charge in [-0.05, 0) is 56.3 Å². The number of hydrogen-bond acceptors (Lipinski definition) is 1. The first-order chi connectivity index (χ1) is 6.65. The highest BCUT2D eigenvalue weighted by Crippen LogP contribution is 2.55. The lowest BCUT2D eigenvalue weighted by molar-refractivity contribution is -0.0233. The van der Waals surface area contributed by atoms with Crippen LogP contribution < -0.4 is 5.32 Å². The highest BCUT2D eigenvalue weighted by atomic mass is 35.5. The molecule has 4 saturated carbocycles. The zero-order chi connectivity index (χ0) is 9.76. The van der Waals surface area contributed by atoms with Crippen molar-refractivity contribution in [1.29, 1.82) is 0 Å². The molecule has 4 aliphatic carbocycles. The van der Waals surface area contributed by atoms with Gasteiger partial charge in [0.2, 0.25) is 0 Å². The molecule has 88 valence electrons. The summed E-state index contributed by atoms with van der Waals surface area (Å²) in [6.07, 6.45) is 9.11. The minimum absolute atomic E-state index is 0. The third-order valence-electron chi connectivity index (χ3n) is 4.63. The summed E-state index contributed by atoms with van der Waals surface area (Å²) >= 11 is 0. The first-order valence-corrected chi connectivity index (χ1v) is 6.43. The molecule has 0 amide bonds. The summed E-state index contributed by atoms with van der Waals surface area (Å²) in [4.78, 5) is 0. The van der Waals surface area contributed by atoms with E-state index in [4.69, 9.17) is 0 Å². The molecule has 0 saturated heterocycles. The predicted octanol–water partition coefficient (Wildman–Crippen LogP) is 3.38. The number of hydrogen-bond donors (Lipinski definition) is 1. The molecule has 0 aliphatic heterocycles. The lowest BCUT2D eigenvalue weighted by Crippen LogP contribution is -2.59. The highest BCUT2D eigenvalue weighted by Gasteiger charge is 2.50. The van der Waals surface area contributed by atoms with Gasteiger partial charge in [-0.15, -0.1) is 12.4 Å². The Labute approximate surface area is 99.8 Å². The average molecular weight is 230 g/mol. The van der Waals surface area contributed by atoms with Gasteiger partial charge in [0.05, 0.1) is 0 Å². The van der Waals surface area contributed by atoms with Crippen molar-refractivity contribution in [3.05, 3.63) is 0 Å². The fraction of sp³-hybridized carbons (Fsp3) is 1.00. The van der Waals surface area contributed by atoms with Crippen molar-refractivity contribution in [1.82, 2.24) is 5.32 Å². The molecule has 0 unspecified atom stereocenters. The summed E-state index contributed by atoms with van der Waals surface area (Å²) < 4.78 is 0. The zero-order valence-electron chi connectivity index (χ0n) is 9.96. The minimum atomic E-state index is 0. The number of nitrogens with one attached hydrogen (secondary N) is 1. The third kappa shape index (κ3) is 2.06. The van der Waals surface area contributed by atoms with Gasteiger partial charge >= 0.3 is 0 Å². The van der Waals surface area contributed by atoms with Gasteiger partial charge in [0, 0.05) is 11.6 Å². The molecule has 0 spiro atoms. The zero-order valence-corrected chi connectivity index (χ0v) is 10.8. The maximum absolute atomic E-state index is 3.89. The lowest BCUT2D eigenvalue weighted by Gasteiger charge is -2.57. The van der Waals surface area contributed by atoms with Gasteiger partial charge in [-0.25, -0.2) is 0 Å². The number of rotatable bonds is 2. The summed E-state index contributed by atoms with van der Waals surface area (Å²) in [5, 5.41) is 3.89. The van der Waals surface area contributed by atoms with Crippen molar-refractivity contribution in [2.75, 3.05) is 0 Å². The van der Waals surface area contributed by atoms with Crippen LogP contribution in [0.3, 0.4) is 0 Å². The second-order valence-corrected chi connectivity index (χ2v) is 6.50. The molecule has 0 aromatic heterocycles. The second kappa shape index (κ2) is 3.92. The Hall–Kier alpha value is 0.250. The van der Waals surface area contributed by atoms with E-state index in [0.717, 1.165) is 17.8 Å².